The molecule has 1 aromatic carbocycles. The van der Waals surface area contributed by atoms with Crippen molar-refractivity contribution in [2.24, 2.45) is 0 Å². The van der Waals surface area contributed by atoms with Crippen LogP contribution < -0.4 is 10.6 Å². The minimum atomic E-state index is 0.589. The molecule has 1 aromatic heterocycles. The Balaban J connectivity index is 1.89. The molecular weight excluding hydrogens is 258 g/mol. The summed E-state index contributed by atoms with van der Waals surface area (Å²) < 4.78 is 0. The molecule has 0 aliphatic rings. The number of hydrogen-bond donors (Lipinski definition) is 1. The molecule has 0 radical (unpaired) electrons. The number of anilines is 2. The fraction of sp³-hybridized carbons (Fsp3) is 0.267. The van der Waals surface area contributed by atoms with E-state index in [0.29, 0.717) is 10.7 Å². The Morgan fingerprint density at radius 3 is 2.68 bits per heavy atom. The van der Waals surface area contributed by atoms with E-state index in [1.807, 2.05) is 13.1 Å². The van der Waals surface area contributed by atoms with E-state index in [0.717, 1.165) is 25.2 Å². The second kappa shape index (κ2) is 6.43. The third-order valence-electron chi connectivity index (χ3n) is 3.01. The predicted octanol–water partition coefficient (Wildman–Crippen LogP) is 3.39. The highest BCUT2D eigenvalue weighted by Gasteiger charge is 2.07. The fourth-order valence-electron chi connectivity index (χ4n) is 2.00. The first kappa shape index (κ1) is 13.7. The largest absolute Gasteiger partial charge is 0.397 e. The van der Waals surface area contributed by atoms with Crippen molar-refractivity contribution in [3.8, 4) is 0 Å². The molecule has 2 aromatic rings. The Kier molecular flexibility index (Phi) is 4.63. The summed E-state index contributed by atoms with van der Waals surface area (Å²) in [5.74, 6) is 0.781. The van der Waals surface area contributed by atoms with E-state index >= 15 is 0 Å². The van der Waals surface area contributed by atoms with Crippen LogP contribution in [-0.4, -0.2) is 18.6 Å². The van der Waals surface area contributed by atoms with Crippen molar-refractivity contribution < 1.29 is 0 Å². The molecule has 0 atom stereocenters. The van der Waals surface area contributed by atoms with Crippen LogP contribution in [0.2, 0.25) is 5.02 Å². The van der Waals surface area contributed by atoms with Crippen LogP contribution in [0.15, 0.2) is 42.6 Å². The molecule has 0 bridgehead atoms. The Hall–Kier alpha value is -1.74. The monoisotopic (exact) mass is 275 g/mol. The summed E-state index contributed by atoms with van der Waals surface area (Å²) in [5, 5.41) is 0.599. The third-order valence-corrected chi connectivity index (χ3v) is 3.28. The summed E-state index contributed by atoms with van der Waals surface area (Å²) in [6.07, 6.45) is 3.75. The van der Waals surface area contributed by atoms with Gasteiger partial charge in [-0.1, -0.05) is 41.9 Å². The minimum Gasteiger partial charge on any atom is -0.397 e. The SMILES string of the molecule is CN(CCCc1ccccc1)c1ncc(N)cc1Cl. The lowest BCUT2D eigenvalue weighted by Gasteiger charge is -2.19. The van der Waals surface area contributed by atoms with Gasteiger partial charge in [0.2, 0.25) is 0 Å². The molecule has 0 aliphatic carbocycles. The minimum absolute atomic E-state index is 0.589. The number of hydrogen-bond acceptors (Lipinski definition) is 3. The maximum Gasteiger partial charge on any atom is 0.147 e. The highest BCUT2D eigenvalue weighted by Crippen LogP contribution is 2.24. The fourth-order valence-corrected chi connectivity index (χ4v) is 2.32. The molecule has 0 aliphatic heterocycles. The lowest BCUT2D eigenvalue weighted by atomic mass is 10.1. The molecule has 0 unspecified atom stereocenters. The standard InChI is InChI=1S/C15H18ClN3/c1-19(15-14(16)10-13(17)11-18-15)9-5-8-12-6-3-2-4-7-12/h2-4,6-7,10-11H,5,8-9,17H2,1H3. The zero-order valence-electron chi connectivity index (χ0n) is 11.0. The zero-order chi connectivity index (χ0) is 13.7. The first-order valence-corrected chi connectivity index (χ1v) is 6.70. The summed E-state index contributed by atoms with van der Waals surface area (Å²) in [4.78, 5) is 6.33. The van der Waals surface area contributed by atoms with Gasteiger partial charge in [0.1, 0.15) is 5.82 Å². The van der Waals surface area contributed by atoms with Crippen LogP contribution in [0.25, 0.3) is 0 Å². The van der Waals surface area contributed by atoms with Crippen molar-refractivity contribution in [2.45, 2.75) is 12.8 Å². The molecule has 2 rings (SSSR count). The Labute approximate surface area is 119 Å². The summed E-state index contributed by atoms with van der Waals surface area (Å²) in [7, 11) is 2.00. The third kappa shape index (κ3) is 3.86. The van der Waals surface area contributed by atoms with Gasteiger partial charge in [-0.3, -0.25) is 0 Å². The number of aryl methyl sites for hydroxylation is 1. The van der Waals surface area contributed by atoms with Crippen molar-refractivity contribution in [1.29, 1.82) is 0 Å². The molecule has 1 heterocycles. The van der Waals surface area contributed by atoms with E-state index in [2.05, 4.69) is 34.1 Å². The summed E-state index contributed by atoms with van der Waals surface area (Å²) >= 11 is 6.14. The van der Waals surface area contributed by atoms with Gasteiger partial charge in [-0.2, -0.15) is 0 Å². The molecule has 2 N–H and O–H groups in total. The van der Waals surface area contributed by atoms with E-state index in [1.54, 1.807) is 12.3 Å². The van der Waals surface area contributed by atoms with Crippen molar-refractivity contribution in [3.05, 3.63) is 53.2 Å². The van der Waals surface area contributed by atoms with E-state index in [9.17, 15) is 0 Å². The van der Waals surface area contributed by atoms with Crippen LogP contribution in [0.5, 0.6) is 0 Å². The number of aromatic nitrogens is 1. The molecule has 0 saturated carbocycles. The number of nitrogen functional groups attached to an aromatic ring is 1. The topological polar surface area (TPSA) is 42.2 Å². The second-order valence-corrected chi connectivity index (χ2v) is 4.99. The number of nitrogens with two attached hydrogens (primary N) is 1. The van der Waals surface area contributed by atoms with E-state index in [1.165, 1.54) is 5.56 Å². The summed E-state index contributed by atoms with van der Waals surface area (Å²) in [5.41, 5.74) is 7.58. The lowest BCUT2D eigenvalue weighted by Crippen LogP contribution is -2.20. The quantitative estimate of drug-likeness (QED) is 0.909. The van der Waals surface area contributed by atoms with Gasteiger partial charge in [-0.05, 0) is 24.5 Å². The smallest absolute Gasteiger partial charge is 0.147 e. The van der Waals surface area contributed by atoms with Gasteiger partial charge in [0.05, 0.1) is 16.9 Å². The van der Waals surface area contributed by atoms with Gasteiger partial charge in [-0.25, -0.2) is 4.98 Å². The highest BCUT2D eigenvalue weighted by molar-refractivity contribution is 6.33. The van der Waals surface area contributed by atoms with Crippen LogP contribution in [0.3, 0.4) is 0 Å². The molecule has 0 saturated heterocycles. The first-order chi connectivity index (χ1) is 9.16. The highest BCUT2D eigenvalue weighted by atomic mass is 35.5. The Morgan fingerprint density at radius 2 is 2.00 bits per heavy atom. The van der Waals surface area contributed by atoms with Crippen molar-refractivity contribution in [3.63, 3.8) is 0 Å². The molecule has 3 nitrogen and oxygen atoms in total. The zero-order valence-corrected chi connectivity index (χ0v) is 11.8. The van der Waals surface area contributed by atoms with Gasteiger partial charge < -0.3 is 10.6 Å². The number of rotatable bonds is 5. The van der Waals surface area contributed by atoms with E-state index in [4.69, 9.17) is 17.3 Å². The summed E-state index contributed by atoms with van der Waals surface area (Å²) in [6.45, 7) is 0.908. The average molecular weight is 276 g/mol. The Bertz CT molecular complexity index is 528. The van der Waals surface area contributed by atoms with Crippen LogP contribution in [0.1, 0.15) is 12.0 Å². The van der Waals surface area contributed by atoms with Gasteiger partial charge in [0.15, 0.2) is 0 Å². The predicted molar refractivity (Wildman–Crippen MR) is 81.7 cm³/mol. The molecule has 0 spiro atoms. The summed E-state index contributed by atoms with van der Waals surface area (Å²) in [6, 6.07) is 12.2. The normalized spacial score (nSPS) is 10.4. The van der Waals surface area contributed by atoms with Gasteiger partial charge in [0, 0.05) is 13.6 Å². The molecule has 0 fully saturated rings. The maximum absolute atomic E-state index is 6.14. The maximum atomic E-state index is 6.14. The van der Waals surface area contributed by atoms with Crippen molar-refractivity contribution >= 4 is 23.1 Å². The molecule has 4 heteroatoms. The number of nitrogens with zero attached hydrogens (tertiary/aromatic N) is 2. The lowest BCUT2D eigenvalue weighted by molar-refractivity contribution is 0.777. The van der Waals surface area contributed by atoms with Crippen LogP contribution in [-0.2, 0) is 6.42 Å². The van der Waals surface area contributed by atoms with Gasteiger partial charge >= 0.3 is 0 Å². The van der Waals surface area contributed by atoms with Crippen LogP contribution in [0, 0.1) is 0 Å². The number of pyridine rings is 1. The molecule has 100 valence electrons. The molecule has 19 heavy (non-hydrogen) atoms. The number of benzene rings is 1. The van der Waals surface area contributed by atoms with Crippen molar-refractivity contribution in [2.75, 3.05) is 24.2 Å². The van der Waals surface area contributed by atoms with Gasteiger partial charge in [-0.15, -0.1) is 0 Å². The number of halogens is 1. The van der Waals surface area contributed by atoms with Crippen LogP contribution >= 0.6 is 11.6 Å². The second-order valence-electron chi connectivity index (χ2n) is 4.58. The first-order valence-electron chi connectivity index (χ1n) is 6.33. The Morgan fingerprint density at radius 1 is 1.26 bits per heavy atom. The van der Waals surface area contributed by atoms with E-state index in [-0.39, 0.29) is 0 Å². The molecule has 0 amide bonds. The van der Waals surface area contributed by atoms with E-state index < -0.39 is 0 Å². The molecular formula is C15H18ClN3. The van der Waals surface area contributed by atoms with Crippen molar-refractivity contribution in [1.82, 2.24) is 4.98 Å². The van der Waals surface area contributed by atoms with Crippen LogP contribution in [0.4, 0.5) is 11.5 Å². The average Bonchev–Trinajstić information content (AvgIpc) is 2.39. The van der Waals surface area contributed by atoms with Gasteiger partial charge in [0.25, 0.3) is 0 Å².